The highest BCUT2D eigenvalue weighted by atomic mass is 35.6. The lowest BCUT2D eigenvalue weighted by Gasteiger charge is -2.25. The summed E-state index contributed by atoms with van der Waals surface area (Å²) in [7, 11) is 4.15. The second-order valence-electron chi connectivity index (χ2n) is 2.10. The first kappa shape index (κ1) is 8.43. The Balaban J connectivity index is 3.71. The number of hydrogen-bond acceptors (Lipinski definition) is 2. The molecule has 0 aliphatic heterocycles. The molecule has 0 saturated carbocycles. The van der Waals surface area contributed by atoms with Gasteiger partial charge < -0.3 is 9.55 Å². The second-order valence-corrected chi connectivity index (χ2v) is 7.61. The Kier molecular flexibility index (Phi) is 2.97. The van der Waals surface area contributed by atoms with Gasteiger partial charge in [0.1, 0.15) is 0 Å². The average molecular weight is 153 g/mol. The Hall–Kier alpha value is 0.427. The zero-order valence-electron chi connectivity index (χ0n) is 5.83. The number of nitrogens with one attached hydrogen (secondary N) is 1. The Morgan fingerprint density at radius 2 is 1.88 bits per heavy atom. The molecule has 0 aliphatic rings. The molecular weight excluding hydrogens is 140 g/mol. The van der Waals surface area contributed by atoms with Crippen LogP contribution < -0.4 is 4.98 Å². The van der Waals surface area contributed by atoms with E-state index in [0.717, 1.165) is 0 Å². The first-order valence-corrected chi connectivity index (χ1v) is 6.02. The lowest BCUT2D eigenvalue weighted by atomic mass is 11.3. The van der Waals surface area contributed by atoms with Crippen molar-refractivity contribution in [2.75, 3.05) is 21.1 Å². The molecule has 0 heterocycles. The van der Waals surface area contributed by atoms with Gasteiger partial charge in [0, 0.05) is 0 Å². The molecule has 0 rings (SSSR count). The van der Waals surface area contributed by atoms with Gasteiger partial charge in [0.15, 0.2) is 0 Å². The van der Waals surface area contributed by atoms with Crippen LogP contribution in [-0.2, 0) is 0 Å². The summed E-state index contributed by atoms with van der Waals surface area (Å²) < 4.78 is 2.04. The van der Waals surface area contributed by atoms with E-state index in [9.17, 15) is 0 Å². The number of halogens is 1. The van der Waals surface area contributed by atoms with E-state index >= 15 is 0 Å². The fourth-order valence-electron chi connectivity index (χ4n) is 0.224. The maximum atomic E-state index is 6.01. The average Bonchev–Trinajstić information content (AvgIpc) is 1.67. The number of hydrogen-bond donors (Lipinski definition) is 1. The van der Waals surface area contributed by atoms with Crippen molar-refractivity contribution in [3.05, 3.63) is 0 Å². The van der Waals surface area contributed by atoms with Crippen LogP contribution in [0.1, 0.15) is 0 Å². The zero-order chi connectivity index (χ0) is 6.78. The van der Waals surface area contributed by atoms with Crippen LogP contribution >= 0.6 is 11.1 Å². The molecule has 4 heteroatoms. The van der Waals surface area contributed by atoms with Gasteiger partial charge in [-0.05, 0) is 27.7 Å². The highest BCUT2D eigenvalue weighted by Gasteiger charge is 2.24. The minimum atomic E-state index is -1.70. The third-order valence-corrected chi connectivity index (χ3v) is 5.47. The van der Waals surface area contributed by atoms with Crippen molar-refractivity contribution in [2.45, 2.75) is 6.55 Å². The SMILES string of the molecule is CN[Si](C)(Cl)N(C)C. The van der Waals surface area contributed by atoms with Crippen molar-refractivity contribution in [3.63, 3.8) is 0 Å². The molecule has 0 bridgehead atoms. The molecule has 2 nitrogen and oxygen atoms in total. The lowest BCUT2D eigenvalue weighted by Crippen LogP contribution is -2.52. The molecule has 0 amide bonds. The van der Waals surface area contributed by atoms with Crippen LogP contribution in [0.4, 0.5) is 0 Å². The van der Waals surface area contributed by atoms with Crippen LogP contribution in [-0.4, -0.2) is 33.4 Å². The Labute approximate surface area is 56.7 Å². The topological polar surface area (TPSA) is 15.3 Å². The lowest BCUT2D eigenvalue weighted by molar-refractivity contribution is 0.620. The Bertz CT molecular complexity index is 74.4. The van der Waals surface area contributed by atoms with Gasteiger partial charge in [0.25, 0.3) is 0 Å². The summed E-state index contributed by atoms with van der Waals surface area (Å²) in [5.41, 5.74) is 0. The van der Waals surface area contributed by atoms with Crippen LogP contribution in [0.3, 0.4) is 0 Å². The van der Waals surface area contributed by atoms with Crippen LogP contribution in [0.25, 0.3) is 0 Å². The van der Waals surface area contributed by atoms with E-state index in [1.165, 1.54) is 0 Å². The quantitative estimate of drug-likeness (QED) is 0.460. The second kappa shape index (κ2) is 2.82. The van der Waals surface area contributed by atoms with Gasteiger partial charge >= 0.3 is 7.71 Å². The summed E-state index contributed by atoms with van der Waals surface area (Å²) in [5.74, 6) is 0. The minimum absolute atomic E-state index is 1.70. The summed E-state index contributed by atoms with van der Waals surface area (Å²) in [6, 6.07) is 0. The number of rotatable bonds is 2. The predicted molar refractivity (Wildman–Crippen MR) is 40.2 cm³/mol. The molecule has 1 unspecified atom stereocenters. The fraction of sp³-hybridized carbons (Fsp3) is 1.00. The smallest absolute Gasteiger partial charge is 0.301 e. The third-order valence-electron chi connectivity index (χ3n) is 1.30. The van der Waals surface area contributed by atoms with Gasteiger partial charge in [-0.25, -0.2) is 0 Å². The van der Waals surface area contributed by atoms with Crippen LogP contribution in [0, 0.1) is 0 Å². The molecular formula is C4H13ClN2Si. The van der Waals surface area contributed by atoms with E-state index in [4.69, 9.17) is 11.1 Å². The van der Waals surface area contributed by atoms with Gasteiger partial charge in [-0.15, -0.1) is 11.1 Å². The first-order chi connectivity index (χ1) is 3.50. The maximum Gasteiger partial charge on any atom is 0.301 e. The molecule has 8 heavy (non-hydrogen) atoms. The third kappa shape index (κ3) is 2.13. The van der Waals surface area contributed by atoms with Crippen molar-refractivity contribution in [2.24, 2.45) is 0 Å². The summed E-state index contributed by atoms with van der Waals surface area (Å²) in [5, 5.41) is 0. The fourth-order valence-corrected chi connectivity index (χ4v) is 0.671. The summed E-state index contributed by atoms with van der Waals surface area (Å²) >= 11 is 6.01. The highest BCUT2D eigenvalue weighted by Crippen LogP contribution is 2.04. The number of nitrogens with zero attached hydrogens (tertiary/aromatic N) is 1. The van der Waals surface area contributed by atoms with Gasteiger partial charge in [0.2, 0.25) is 0 Å². The van der Waals surface area contributed by atoms with Gasteiger partial charge in [-0.1, -0.05) is 0 Å². The normalized spacial score (nSPS) is 18.8. The van der Waals surface area contributed by atoms with Crippen LogP contribution in [0.2, 0.25) is 6.55 Å². The van der Waals surface area contributed by atoms with Crippen molar-refractivity contribution in [3.8, 4) is 0 Å². The predicted octanol–water partition coefficient (Wildman–Crippen LogP) is 0.575. The van der Waals surface area contributed by atoms with Crippen molar-refractivity contribution in [1.82, 2.24) is 9.55 Å². The van der Waals surface area contributed by atoms with Gasteiger partial charge in [0.05, 0.1) is 0 Å². The first-order valence-electron chi connectivity index (χ1n) is 2.56. The largest absolute Gasteiger partial charge is 0.316 e. The molecule has 0 spiro atoms. The van der Waals surface area contributed by atoms with E-state index in [1.807, 2.05) is 32.3 Å². The molecule has 1 N–H and O–H groups in total. The molecule has 0 aromatic rings. The highest BCUT2D eigenvalue weighted by molar-refractivity contribution is 7.16. The summed E-state index contributed by atoms with van der Waals surface area (Å²) in [6.45, 7) is 2.04. The molecule has 0 aromatic heterocycles. The van der Waals surface area contributed by atoms with E-state index in [-0.39, 0.29) is 0 Å². The van der Waals surface area contributed by atoms with Crippen LogP contribution in [0.5, 0.6) is 0 Å². The zero-order valence-corrected chi connectivity index (χ0v) is 7.58. The monoisotopic (exact) mass is 152 g/mol. The minimum Gasteiger partial charge on any atom is -0.316 e. The molecule has 0 saturated heterocycles. The standard InChI is InChI=1S/C4H13ClN2Si/c1-6-8(4,5)7(2)3/h6H,1-4H3. The summed E-state index contributed by atoms with van der Waals surface area (Å²) in [6.07, 6.45) is 0. The molecule has 50 valence electrons. The van der Waals surface area contributed by atoms with Crippen LogP contribution in [0.15, 0.2) is 0 Å². The van der Waals surface area contributed by atoms with Gasteiger partial charge in [-0.2, -0.15) is 0 Å². The molecule has 0 fully saturated rings. The van der Waals surface area contributed by atoms with Crippen molar-refractivity contribution < 1.29 is 0 Å². The molecule has 0 aromatic carbocycles. The Morgan fingerprint density at radius 3 is 1.88 bits per heavy atom. The maximum absolute atomic E-state index is 6.01. The van der Waals surface area contributed by atoms with E-state index in [2.05, 4.69) is 4.98 Å². The summed E-state index contributed by atoms with van der Waals surface area (Å²) in [4.78, 5) is 3.07. The van der Waals surface area contributed by atoms with E-state index < -0.39 is 7.71 Å². The molecule has 1 atom stereocenters. The van der Waals surface area contributed by atoms with Gasteiger partial charge in [-0.3, -0.25) is 0 Å². The van der Waals surface area contributed by atoms with Crippen molar-refractivity contribution >= 4 is 18.8 Å². The Morgan fingerprint density at radius 1 is 1.50 bits per heavy atom. The van der Waals surface area contributed by atoms with E-state index in [0.29, 0.717) is 0 Å². The van der Waals surface area contributed by atoms with E-state index in [1.54, 1.807) is 0 Å². The van der Waals surface area contributed by atoms with Crippen molar-refractivity contribution in [1.29, 1.82) is 0 Å². The molecule has 0 radical (unpaired) electrons. The molecule has 0 aliphatic carbocycles.